The molecular formula is C19H16Cl2F3NO2. The molecule has 1 aliphatic heterocycles. The molecule has 0 spiro atoms. The average molecular weight is 418 g/mol. The second-order valence-corrected chi connectivity index (χ2v) is 7.00. The molecule has 0 bridgehead atoms. The molecule has 1 amide bonds. The van der Waals surface area contributed by atoms with Gasteiger partial charge >= 0.3 is 0 Å². The van der Waals surface area contributed by atoms with Gasteiger partial charge in [-0.2, -0.15) is 0 Å². The van der Waals surface area contributed by atoms with Gasteiger partial charge in [0, 0.05) is 29.1 Å². The van der Waals surface area contributed by atoms with Crippen LogP contribution in [0.4, 0.5) is 13.2 Å². The molecule has 0 aromatic heterocycles. The van der Waals surface area contributed by atoms with Crippen LogP contribution in [0.2, 0.25) is 10.0 Å². The van der Waals surface area contributed by atoms with E-state index in [-0.39, 0.29) is 47.5 Å². The van der Waals surface area contributed by atoms with Crippen molar-refractivity contribution < 1.29 is 22.7 Å². The van der Waals surface area contributed by atoms with Gasteiger partial charge in [0.15, 0.2) is 0 Å². The Bertz CT molecular complexity index is 843. The lowest BCUT2D eigenvalue weighted by molar-refractivity contribution is -0.139. The number of amides is 1. The molecular weight excluding hydrogens is 402 g/mol. The van der Waals surface area contributed by atoms with Crippen LogP contribution in [0.25, 0.3) is 0 Å². The Morgan fingerprint density at radius 3 is 2.52 bits per heavy atom. The second kappa shape index (κ2) is 8.50. The Morgan fingerprint density at radius 1 is 1.11 bits per heavy atom. The molecule has 0 saturated carbocycles. The van der Waals surface area contributed by atoms with E-state index in [4.69, 9.17) is 27.9 Å². The van der Waals surface area contributed by atoms with Crippen LogP contribution < -0.4 is 0 Å². The lowest BCUT2D eigenvalue weighted by Crippen LogP contribution is -2.42. The fraction of sp³-hybridized carbons (Fsp3) is 0.316. The van der Waals surface area contributed by atoms with Crippen LogP contribution in [0.3, 0.4) is 0 Å². The van der Waals surface area contributed by atoms with Gasteiger partial charge in [-0.05, 0) is 30.7 Å². The zero-order chi connectivity index (χ0) is 19.6. The first-order chi connectivity index (χ1) is 12.9. The van der Waals surface area contributed by atoms with E-state index < -0.39 is 23.6 Å². The van der Waals surface area contributed by atoms with Crippen LogP contribution in [0.15, 0.2) is 30.3 Å². The van der Waals surface area contributed by atoms with Crippen molar-refractivity contribution in [1.82, 2.24) is 4.90 Å². The zero-order valence-corrected chi connectivity index (χ0v) is 15.7. The smallest absolute Gasteiger partial charge is 0.223 e. The summed E-state index contributed by atoms with van der Waals surface area (Å²) in [5, 5.41) is 0.147. The highest BCUT2D eigenvalue weighted by atomic mass is 35.5. The van der Waals surface area contributed by atoms with Crippen LogP contribution >= 0.6 is 23.2 Å². The molecule has 0 N–H and O–H groups in total. The normalized spacial score (nSPS) is 17.2. The minimum atomic E-state index is -0.675. The van der Waals surface area contributed by atoms with E-state index in [2.05, 4.69) is 0 Å². The monoisotopic (exact) mass is 417 g/mol. The van der Waals surface area contributed by atoms with Gasteiger partial charge in [0.1, 0.15) is 23.6 Å². The van der Waals surface area contributed by atoms with Gasteiger partial charge in [-0.3, -0.25) is 4.79 Å². The lowest BCUT2D eigenvalue weighted by Gasteiger charge is -2.33. The molecule has 8 heteroatoms. The second-order valence-electron chi connectivity index (χ2n) is 6.19. The van der Waals surface area contributed by atoms with Crippen molar-refractivity contribution >= 4 is 29.1 Å². The molecule has 2 aromatic rings. The fourth-order valence-electron chi connectivity index (χ4n) is 3.01. The molecule has 2 aromatic carbocycles. The number of nitrogens with zero attached hydrogens (tertiary/aromatic N) is 1. The van der Waals surface area contributed by atoms with E-state index in [1.165, 1.54) is 23.1 Å². The Balaban J connectivity index is 1.67. The third-order valence-corrected chi connectivity index (χ3v) is 5.07. The Hall–Kier alpha value is -1.76. The minimum absolute atomic E-state index is 0.0459. The van der Waals surface area contributed by atoms with E-state index >= 15 is 0 Å². The van der Waals surface area contributed by atoms with Crippen LogP contribution in [-0.4, -0.2) is 30.5 Å². The van der Waals surface area contributed by atoms with Crippen molar-refractivity contribution in [2.75, 3.05) is 19.7 Å². The van der Waals surface area contributed by atoms with E-state index in [0.29, 0.717) is 12.1 Å². The fourth-order valence-corrected chi connectivity index (χ4v) is 3.51. The van der Waals surface area contributed by atoms with Gasteiger partial charge in [-0.25, -0.2) is 13.2 Å². The maximum atomic E-state index is 13.8. The number of benzene rings is 2. The number of carbonyl (C=O) groups is 1. The number of hydrogen-bond acceptors (Lipinski definition) is 2. The lowest BCUT2D eigenvalue weighted by atomic mass is 10.1. The summed E-state index contributed by atoms with van der Waals surface area (Å²) in [5.74, 6) is -2.24. The van der Waals surface area contributed by atoms with Crippen molar-refractivity contribution in [1.29, 1.82) is 0 Å². The molecule has 144 valence electrons. The maximum Gasteiger partial charge on any atom is 0.223 e. The summed E-state index contributed by atoms with van der Waals surface area (Å²) in [6.45, 7) is 0.743. The van der Waals surface area contributed by atoms with Crippen molar-refractivity contribution in [2.45, 2.75) is 18.9 Å². The molecule has 1 atom stereocenters. The van der Waals surface area contributed by atoms with Crippen molar-refractivity contribution in [2.24, 2.45) is 0 Å². The molecule has 0 radical (unpaired) electrons. The molecule has 1 saturated heterocycles. The van der Waals surface area contributed by atoms with E-state index in [1.54, 1.807) is 0 Å². The minimum Gasteiger partial charge on any atom is -0.370 e. The Kier molecular flexibility index (Phi) is 6.29. The molecule has 3 nitrogen and oxygen atoms in total. The number of hydrogen-bond donors (Lipinski definition) is 0. The summed E-state index contributed by atoms with van der Waals surface area (Å²) < 4.78 is 46.8. The number of ether oxygens (including phenoxy) is 1. The number of morpholine rings is 1. The summed E-state index contributed by atoms with van der Waals surface area (Å²) in [6.07, 6.45) is -0.699. The summed E-state index contributed by atoms with van der Waals surface area (Å²) in [5.41, 5.74) is 0.287. The first-order valence-corrected chi connectivity index (χ1v) is 9.09. The zero-order valence-electron chi connectivity index (χ0n) is 14.2. The summed E-state index contributed by atoms with van der Waals surface area (Å²) in [7, 11) is 0. The van der Waals surface area contributed by atoms with Gasteiger partial charge in [0.25, 0.3) is 0 Å². The van der Waals surface area contributed by atoms with Gasteiger partial charge in [-0.15, -0.1) is 0 Å². The standard InChI is InChI=1S/C19H16Cl2F3NO2/c20-13-9-14(21)17(24)8-12(13)18-10-25(6-7-27-18)19(26)5-4-11-15(22)2-1-3-16(11)23/h1-3,8-9,18H,4-7,10H2. The third kappa shape index (κ3) is 4.57. The largest absolute Gasteiger partial charge is 0.370 e. The topological polar surface area (TPSA) is 29.5 Å². The summed E-state index contributed by atoms with van der Waals surface area (Å²) >= 11 is 11.8. The first kappa shape index (κ1) is 20.0. The van der Waals surface area contributed by atoms with Gasteiger partial charge in [0.05, 0.1) is 18.2 Å². The van der Waals surface area contributed by atoms with Crippen LogP contribution in [0.5, 0.6) is 0 Å². The predicted octanol–water partition coefficient (Wildman–Crippen LogP) is 4.94. The highest BCUT2D eigenvalue weighted by molar-refractivity contribution is 6.35. The van der Waals surface area contributed by atoms with Crippen molar-refractivity contribution in [3.05, 3.63) is 69.0 Å². The number of halogens is 5. The third-order valence-electron chi connectivity index (χ3n) is 4.46. The molecule has 1 aliphatic rings. The molecule has 1 unspecified atom stereocenters. The summed E-state index contributed by atoms with van der Waals surface area (Å²) in [6, 6.07) is 6.07. The van der Waals surface area contributed by atoms with Crippen molar-refractivity contribution in [3.63, 3.8) is 0 Å². The van der Waals surface area contributed by atoms with Gasteiger partial charge in [-0.1, -0.05) is 29.3 Å². The highest BCUT2D eigenvalue weighted by Crippen LogP contribution is 2.32. The SMILES string of the molecule is O=C(CCc1c(F)cccc1F)N1CCOC(c2cc(F)c(Cl)cc2Cl)C1. The van der Waals surface area contributed by atoms with Crippen molar-refractivity contribution in [3.8, 4) is 0 Å². The van der Waals surface area contributed by atoms with E-state index in [9.17, 15) is 18.0 Å². The van der Waals surface area contributed by atoms with E-state index in [1.807, 2.05) is 0 Å². The molecule has 0 aliphatic carbocycles. The average Bonchev–Trinajstić information content (AvgIpc) is 2.64. The molecule has 3 rings (SSSR count). The van der Waals surface area contributed by atoms with E-state index in [0.717, 1.165) is 12.1 Å². The highest BCUT2D eigenvalue weighted by Gasteiger charge is 2.27. The first-order valence-electron chi connectivity index (χ1n) is 8.33. The van der Waals surface area contributed by atoms with Gasteiger partial charge in [0.2, 0.25) is 5.91 Å². The number of rotatable bonds is 4. The number of carbonyl (C=O) groups excluding carboxylic acids is 1. The van der Waals surface area contributed by atoms with Crippen LogP contribution in [0, 0.1) is 17.5 Å². The Morgan fingerprint density at radius 2 is 1.81 bits per heavy atom. The quantitative estimate of drug-likeness (QED) is 0.659. The molecule has 1 heterocycles. The van der Waals surface area contributed by atoms with Gasteiger partial charge < -0.3 is 9.64 Å². The van der Waals surface area contributed by atoms with Crippen LogP contribution in [0.1, 0.15) is 23.7 Å². The maximum absolute atomic E-state index is 13.8. The van der Waals surface area contributed by atoms with Crippen LogP contribution in [-0.2, 0) is 16.0 Å². The Labute approximate surface area is 164 Å². The molecule has 27 heavy (non-hydrogen) atoms. The summed E-state index contributed by atoms with van der Waals surface area (Å²) in [4.78, 5) is 14.0. The molecule has 1 fully saturated rings. The predicted molar refractivity (Wildman–Crippen MR) is 96.4 cm³/mol.